The Balaban J connectivity index is 3.70. The summed E-state index contributed by atoms with van der Waals surface area (Å²) in [6.45, 7) is 15.9. The number of amides is 1. The lowest BCUT2D eigenvalue weighted by molar-refractivity contribution is -0.122. The fourth-order valence-corrected chi connectivity index (χ4v) is 3.28. The third-order valence-electron chi connectivity index (χ3n) is 5.10. The molecule has 0 aliphatic heterocycles. The molecule has 0 saturated carbocycles. The average molecular weight is 532 g/mol. The van der Waals surface area contributed by atoms with E-state index in [0.29, 0.717) is 90.8 Å². The van der Waals surface area contributed by atoms with Gasteiger partial charge in [0.15, 0.2) is 0 Å². The number of hydrogen-bond acceptors (Lipinski definition) is 9. The molecule has 0 aromatic rings. The van der Waals surface area contributed by atoms with E-state index in [4.69, 9.17) is 28.9 Å². The van der Waals surface area contributed by atoms with Crippen LogP contribution in [-0.2, 0) is 28.5 Å². The summed E-state index contributed by atoms with van der Waals surface area (Å²) >= 11 is 1.09. The van der Waals surface area contributed by atoms with Gasteiger partial charge in [0.1, 0.15) is 10.3 Å². The molecule has 0 aromatic heterocycles. The highest BCUT2D eigenvalue weighted by Gasteiger charge is 2.26. The Bertz CT molecular complexity index is 603. The Morgan fingerprint density at radius 3 is 2.22 bits per heavy atom. The van der Waals surface area contributed by atoms with Crippen molar-refractivity contribution in [2.24, 2.45) is 5.92 Å². The van der Waals surface area contributed by atoms with Crippen LogP contribution >= 0.6 is 11.8 Å². The Morgan fingerprint density at radius 1 is 0.972 bits per heavy atom. The molecule has 0 radical (unpaired) electrons. The van der Waals surface area contributed by atoms with Crippen molar-refractivity contribution in [2.45, 2.75) is 64.9 Å². The van der Waals surface area contributed by atoms with Crippen LogP contribution in [0.3, 0.4) is 0 Å². The van der Waals surface area contributed by atoms with Gasteiger partial charge in [-0.25, -0.2) is 0 Å². The number of carbonyl (C=O) groups is 1. The van der Waals surface area contributed by atoms with Crippen LogP contribution in [0.1, 0.15) is 53.9 Å². The van der Waals surface area contributed by atoms with Crippen LogP contribution in [0.15, 0.2) is 12.2 Å². The van der Waals surface area contributed by atoms with Crippen LogP contribution in [0.4, 0.5) is 0 Å². The second-order valence-corrected chi connectivity index (χ2v) is 10.1. The third kappa shape index (κ3) is 23.2. The van der Waals surface area contributed by atoms with Crippen molar-refractivity contribution < 1.29 is 28.5 Å². The normalized spacial score (nSPS) is 14.1. The number of allylic oxidation sites excluding steroid dienone is 1. The molecular formula is C26H49N3O6S. The first-order chi connectivity index (χ1) is 17.3. The van der Waals surface area contributed by atoms with E-state index in [0.717, 1.165) is 24.7 Å². The van der Waals surface area contributed by atoms with Gasteiger partial charge in [0.05, 0.1) is 59.5 Å². The minimum Gasteiger partial charge on any atom is -0.379 e. The molecule has 0 heterocycles. The van der Waals surface area contributed by atoms with Gasteiger partial charge in [-0.05, 0) is 37.9 Å². The standard InChI is InChI=1S/C26H49N3O6S/c1-6-24(4)28-12-15-33-18-17-32-14-10-26(5,36-22-27)35-21-20-34-19-16-31-13-9-25(30)29-11-7-8-23(2)3/h7-8,23-24,28H,6,9-21H2,1-5H3,(H,29,30)/b8-7+. The van der Waals surface area contributed by atoms with Gasteiger partial charge in [0, 0.05) is 32.0 Å². The highest BCUT2D eigenvalue weighted by molar-refractivity contribution is 8.04. The number of thioether (sulfide) groups is 1. The maximum atomic E-state index is 11.7. The van der Waals surface area contributed by atoms with E-state index >= 15 is 0 Å². The minimum atomic E-state index is -0.659. The Kier molecular flexibility index (Phi) is 23.4. The van der Waals surface area contributed by atoms with E-state index in [9.17, 15) is 4.79 Å². The van der Waals surface area contributed by atoms with Crippen molar-refractivity contribution in [3.8, 4) is 5.40 Å². The molecule has 1 amide bonds. The van der Waals surface area contributed by atoms with Gasteiger partial charge in [-0.2, -0.15) is 5.26 Å². The molecule has 0 bridgehead atoms. The Hall–Kier alpha value is -1.19. The van der Waals surface area contributed by atoms with E-state index < -0.39 is 4.93 Å². The number of rotatable bonds is 25. The smallest absolute Gasteiger partial charge is 0.222 e. The molecule has 2 atom stereocenters. The maximum absolute atomic E-state index is 11.7. The molecule has 0 rings (SSSR count). The van der Waals surface area contributed by atoms with Gasteiger partial charge in [0.2, 0.25) is 5.91 Å². The Morgan fingerprint density at radius 2 is 1.58 bits per heavy atom. The summed E-state index contributed by atoms with van der Waals surface area (Å²) in [5.41, 5.74) is 0. The summed E-state index contributed by atoms with van der Waals surface area (Å²) in [4.78, 5) is 11.0. The monoisotopic (exact) mass is 531 g/mol. The van der Waals surface area contributed by atoms with E-state index in [1.54, 1.807) is 0 Å². The summed E-state index contributed by atoms with van der Waals surface area (Å²) in [6.07, 6.45) is 6.02. The molecule has 0 saturated heterocycles. The largest absolute Gasteiger partial charge is 0.379 e. The topological polar surface area (TPSA) is 111 Å². The zero-order valence-corrected chi connectivity index (χ0v) is 23.8. The first-order valence-electron chi connectivity index (χ1n) is 13.0. The second-order valence-electron chi connectivity index (χ2n) is 8.86. The highest BCUT2D eigenvalue weighted by atomic mass is 32.2. The van der Waals surface area contributed by atoms with Gasteiger partial charge in [-0.15, -0.1) is 0 Å². The molecule has 2 N–H and O–H groups in total. The summed E-state index contributed by atoms with van der Waals surface area (Å²) in [6, 6.07) is 0.505. The number of thiocyanates is 1. The lowest BCUT2D eigenvalue weighted by Gasteiger charge is -2.26. The summed E-state index contributed by atoms with van der Waals surface area (Å²) < 4.78 is 28.0. The number of ether oxygens (including phenoxy) is 5. The number of nitrogens with zero attached hydrogens (tertiary/aromatic N) is 1. The number of nitriles is 1. The van der Waals surface area contributed by atoms with Gasteiger partial charge in [0.25, 0.3) is 0 Å². The van der Waals surface area contributed by atoms with Crippen LogP contribution in [0.25, 0.3) is 0 Å². The number of carbonyl (C=O) groups excluding carboxylic acids is 1. The molecule has 0 fully saturated rings. The van der Waals surface area contributed by atoms with Crippen molar-refractivity contribution in [2.75, 3.05) is 72.6 Å². The van der Waals surface area contributed by atoms with Crippen molar-refractivity contribution >= 4 is 17.7 Å². The Labute approximate surface area is 223 Å². The summed E-state index contributed by atoms with van der Waals surface area (Å²) in [7, 11) is 0. The van der Waals surface area contributed by atoms with E-state index in [1.165, 1.54) is 0 Å². The molecule has 2 unspecified atom stereocenters. The summed E-state index contributed by atoms with van der Waals surface area (Å²) in [5, 5.41) is 17.4. The number of hydrogen-bond donors (Lipinski definition) is 2. The van der Waals surface area contributed by atoms with Gasteiger partial charge < -0.3 is 34.3 Å². The van der Waals surface area contributed by atoms with Crippen molar-refractivity contribution in [1.29, 1.82) is 5.26 Å². The van der Waals surface area contributed by atoms with E-state index in [2.05, 4.69) is 49.8 Å². The van der Waals surface area contributed by atoms with Gasteiger partial charge >= 0.3 is 0 Å². The first-order valence-corrected chi connectivity index (χ1v) is 13.8. The number of nitrogens with one attached hydrogen (secondary N) is 2. The molecule has 0 spiro atoms. The van der Waals surface area contributed by atoms with Crippen LogP contribution in [0.5, 0.6) is 0 Å². The summed E-state index contributed by atoms with van der Waals surface area (Å²) in [5.74, 6) is 0.448. The van der Waals surface area contributed by atoms with Crippen LogP contribution in [0.2, 0.25) is 0 Å². The molecule has 0 aliphatic rings. The lowest BCUT2D eigenvalue weighted by atomic mass is 10.2. The zero-order valence-electron chi connectivity index (χ0n) is 23.0. The fourth-order valence-electron chi connectivity index (χ4n) is 2.76. The predicted octanol–water partition coefficient (Wildman–Crippen LogP) is 3.50. The van der Waals surface area contributed by atoms with Gasteiger partial charge in [-0.1, -0.05) is 32.9 Å². The molecule has 0 aliphatic carbocycles. The molecule has 10 heteroatoms. The average Bonchev–Trinajstić information content (AvgIpc) is 2.84. The highest BCUT2D eigenvalue weighted by Crippen LogP contribution is 2.29. The quantitative estimate of drug-likeness (QED) is 0.0791. The molecule has 9 nitrogen and oxygen atoms in total. The van der Waals surface area contributed by atoms with Crippen LogP contribution < -0.4 is 10.6 Å². The molecule has 0 aromatic carbocycles. The van der Waals surface area contributed by atoms with Crippen molar-refractivity contribution in [3.63, 3.8) is 0 Å². The molecule has 210 valence electrons. The van der Waals surface area contributed by atoms with Crippen LogP contribution in [0, 0.1) is 16.6 Å². The predicted molar refractivity (Wildman–Crippen MR) is 145 cm³/mol. The second kappa shape index (κ2) is 24.2. The molecule has 36 heavy (non-hydrogen) atoms. The van der Waals surface area contributed by atoms with E-state index in [-0.39, 0.29) is 5.91 Å². The third-order valence-corrected chi connectivity index (χ3v) is 5.95. The maximum Gasteiger partial charge on any atom is 0.222 e. The fraction of sp³-hybridized carbons (Fsp3) is 0.846. The van der Waals surface area contributed by atoms with Crippen molar-refractivity contribution in [1.82, 2.24) is 10.6 Å². The minimum absolute atomic E-state index is 0.0297. The van der Waals surface area contributed by atoms with Crippen LogP contribution in [-0.4, -0.2) is 89.4 Å². The lowest BCUT2D eigenvalue weighted by Crippen LogP contribution is -2.29. The zero-order chi connectivity index (χ0) is 26.9. The van der Waals surface area contributed by atoms with Crippen molar-refractivity contribution in [3.05, 3.63) is 12.2 Å². The first kappa shape index (κ1) is 34.8. The molecular weight excluding hydrogens is 482 g/mol. The SMILES string of the molecule is CCC(C)NCCOCCOCCC(C)(OCCOCCOCCC(=O)NC/C=C/C(C)C)SC#N. The van der Waals surface area contributed by atoms with E-state index in [1.807, 2.05) is 13.0 Å². The van der Waals surface area contributed by atoms with Gasteiger partial charge in [-0.3, -0.25) is 4.79 Å².